The second kappa shape index (κ2) is 8.81. The molecule has 3 N–H and O–H groups in total. The molecule has 0 saturated heterocycles. The van der Waals surface area contributed by atoms with Crippen LogP contribution in [0.2, 0.25) is 0 Å². The molecule has 0 aliphatic heterocycles. The van der Waals surface area contributed by atoms with Gasteiger partial charge in [-0.2, -0.15) is 13.2 Å². The summed E-state index contributed by atoms with van der Waals surface area (Å²) in [6.07, 6.45) is -6.61. The third-order valence-electron chi connectivity index (χ3n) is 5.73. The molecule has 1 aliphatic carbocycles. The van der Waals surface area contributed by atoms with Gasteiger partial charge in [0, 0.05) is 18.4 Å². The number of nitrogens with two attached hydrogens (primary N) is 1. The molecule has 0 spiro atoms. The van der Waals surface area contributed by atoms with Gasteiger partial charge in [-0.1, -0.05) is 6.07 Å². The summed E-state index contributed by atoms with van der Waals surface area (Å²) in [7, 11) is 0. The van der Waals surface area contributed by atoms with Crippen molar-refractivity contribution in [2.24, 2.45) is 11.7 Å². The van der Waals surface area contributed by atoms with Crippen LogP contribution in [0.15, 0.2) is 12.1 Å². The zero-order chi connectivity index (χ0) is 24.8. The van der Waals surface area contributed by atoms with E-state index in [0.717, 1.165) is 6.07 Å². The maximum atomic E-state index is 15.3. The molecule has 2 aromatic rings. The number of nitrogens with zero attached hydrogens (tertiary/aromatic N) is 1. The van der Waals surface area contributed by atoms with Crippen LogP contribution in [0.3, 0.4) is 0 Å². The van der Waals surface area contributed by atoms with Gasteiger partial charge in [0.05, 0.1) is 23.9 Å². The molecule has 1 fully saturated rings. The van der Waals surface area contributed by atoms with Crippen LogP contribution in [0.5, 0.6) is 0 Å². The topological polar surface area (TPSA) is 81.0 Å². The summed E-state index contributed by atoms with van der Waals surface area (Å²) in [6, 6.07) is 1.64. The molecule has 0 amide bonds. The normalized spacial score (nSPS) is 19.5. The van der Waals surface area contributed by atoms with Crippen LogP contribution < -0.4 is 5.73 Å². The minimum absolute atomic E-state index is 0.154. The van der Waals surface area contributed by atoms with Gasteiger partial charge in [0.15, 0.2) is 5.82 Å². The Hall–Kier alpha value is -2.30. The number of aromatic nitrogens is 2. The van der Waals surface area contributed by atoms with Crippen molar-refractivity contribution in [3.8, 4) is 0 Å². The summed E-state index contributed by atoms with van der Waals surface area (Å²) < 4.78 is 86.8. The van der Waals surface area contributed by atoms with Gasteiger partial charge in [0.1, 0.15) is 16.9 Å². The first-order valence-corrected chi connectivity index (χ1v) is 10.7. The van der Waals surface area contributed by atoms with Gasteiger partial charge < -0.3 is 15.5 Å². The zero-order valence-electron chi connectivity index (χ0n) is 18.5. The van der Waals surface area contributed by atoms with Gasteiger partial charge in [-0.25, -0.2) is 18.2 Å². The molecule has 11 heteroatoms. The van der Waals surface area contributed by atoms with E-state index in [1.54, 1.807) is 0 Å². The highest BCUT2D eigenvalue weighted by Crippen LogP contribution is 2.41. The van der Waals surface area contributed by atoms with Crippen molar-refractivity contribution in [1.82, 2.24) is 9.97 Å². The molecule has 1 heterocycles. The lowest BCUT2D eigenvalue weighted by Gasteiger charge is -2.31. The average Bonchev–Trinajstić information content (AvgIpc) is 3.09. The SMILES string of the molecule is CC(C)(C)OC(=O)[C@@H](CC(F)(F)F)c1ccc2[nH]c([C@@H](N)C3CCC(F)(F)CC3)nc2c1F. The number of H-pyrrole nitrogens is 1. The molecule has 33 heavy (non-hydrogen) atoms. The quantitative estimate of drug-likeness (QED) is 0.413. The smallest absolute Gasteiger partial charge is 0.390 e. The second-order valence-corrected chi connectivity index (χ2v) is 9.61. The Morgan fingerprint density at radius 3 is 2.39 bits per heavy atom. The standard InChI is InChI=1S/C22H27F6N3O2/c1-20(2,3)33-19(32)13(10-22(26,27)28)12-4-5-14-17(15(12)23)31-18(30-14)16(29)11-6-8-21(24,25)9-7-11/h4-5,11,13,16H,6-10,29H2,1-3H3,(H,30,31)/t13-,16-/m0/s1. The minimum atomic E-state index is -4.74. The van der Waals surface area contributed by atoms with Gasteiger partial charge in [0.25, 0.3) is 0 Å². The Balaban J connectivity index is 1.93. The molecule has 1 aromatic carbocycles. The summed E-state index contributed by atoms with van der Waals surface area (Å²) in [4.78, 5) is 19.5. The lowest BCUT2D eigenvalue weighted by atomic mass is 9.82. The molecule has 5 nitrogen and oxygen atoms in total. The fourth-order valence-corrected chi connectivity index (χ4v) is 4.07. The Kier molecular flexibility index (Phi) is 6.76. The number of hydrogen-bond donors (Lipinski definition) is 2. The fraction of sp³-hybridized carbons (Fsp3) is 0.636. The number of benzene rings is 1. The zero-order valence-corrected chi connectivity index (χ0v) is 18.5. The predicted octanol–water partition coefficient (Wildman–Crippen LogP) is 5.91. The maximum Gasteiger partial charge on any atom is 0.390 e. The van der Waals surface area contributed by atoms with Crippen LogP contribution >= 0.6 is 0 Å². The Morgan fingerprint density at radius 1 is 1.24 bits per heavy atom. The van der Waals surface area contributed by atoms with Gasteiger partial charge in [-0.3, -0.25) is 4.79 Å². The summed E-state index contributed by atoms with van der Waals surface area (Å²) in [5.41, 5.74) is 4.54. The largest absolute Gasteiger partial charge is 0.459 e. The molecule has 1 saturated carbocycles. The van der Waals surface area contributed by atoms with Crippen LogP contribution in [0, 0.1) is 11.7 Å². The van der Waals surface area contributed by atoms with Gasteiger partial charge in [0.2, 0.25) is 5.92 Å². The van der Waals surface area contributed by atoms with Gasteiger partial charge >= 0.3 is 12.1 Å². The van der Waals surface area contributed by atoms with E-state index < -0.39 is 53.4 Å². The van der Waals surface area contributed by atoms with E-state index in [0.29, 0.717) is 0 Å². The van der Waals surface area contributed by atoms with Crippen LogP contribution in [0.4, 0.5) is 26.3 Å². The molecular weight excluding hydrogens is 452 g/mol. The Labute approximate surface area is 187 Å². The maximum absolute atomic E-state index is 15.3. The minimum Gasteiger partial charge on any atom is -0.459 e. The lowest BCUT2D eigenvalue weighted by Crippen LogP contribution is -2.31. The van der Waals surface area contributed by atoms with Gasteiger partial charge in [-0.15, -0.1) is 0 Å². The summed E-state index contributed by atoms with van der Waals surface area (Å²) in [5.74, 6) is -7.08. The number of ether oxygens (including phenoxy) is 1. The number of nitrogens with one attached hydrogen (secondary N) is 1. The van der Waals surface area contributed by atoms with Crippen molar-refractivity contribution in [3.63, 3.8) is 0 Å². The molecule has 2 atom stereocenters. The molecule has 0 radical (unpaired) electrons. The molecule has 3 rings (SSSR count). The average molecular weight is 479 g/mol. The van der Waals surface area contributed by atoms with E-state index >= 15 is 4.39 Å². The molecule has 1 aromatic heterocycles. The summed E-state index contributed by atoms with van der Waals surface area (Å²) in [6.45, 7) is 4.49. The van der Waals surface area contributed by atoms with E-state index in [1.165, 1.54) is 26.8 Å². The monoisotopic (exact) mass is 479 g/mol. The first kappa shape index (κ1) is 25.3. The number of imidazole rings is 1. The van der Waals surface area contributed by atoms with E-state index in [1.807, 2.05) is 0 Å². The summed E-state index contributed by atoms with van der Waals surface area (Å²) in [5, 5.41) is 0. The number of rotatable bonds is 5. The highest BCUT2D eigenvalue weighted by Gasteiger charge is 2.41. The number of esters is 1. The Morgan fingerprint density at radius 2 is 1.85 bits per heavy atom. The summed E-state index contributed by atoms with van der Waals surface area (Å²) >= 11 is 0. The van der Waals surface area contributed by atoms with Crippen molar-refractivity contribution >= 4 is 17.0 Å². The highest BCUT2D eigenvalue weighted by molar-refractivity contribution is 5.83. The number of halogens is 6. The third kappa shape index (κ3) is 6.18. The van der Waals surface area contributed by atoms with E-state index in [4.69, 9.17) is 10.5 Å². The number of hydrogen-bond acceptors (Lipinski definition) is 4. The number of carbonyl (C=O) groups is 1. The third-order valence-corrected chi connectivity index (χ3v) is 5.73. The molecule has 0 unspecified atom stereocenters. The van der Waals surface area contributed by atoms with Crippen LogP contribution in [-0.4, -0.2) is 33.6 Å². The molecular formula is C22H27F6N3O2. The van der Waals surface area contributed by atoms with Crippen molar-refractivity contribution in [2.75, 3.05) is 0 Å². The fourth-order valence-electron chi connectivity index (χ4n) is 4.07. The molecule has 1 aliphatic rings. The van der Waals surface area contributed by atoms with Crippen LogP contribution in [0.1, 0.15) is 76.2 Å². The van der Waals surface area contributed by atoms with Crippen LogP contribution in [-0.2, 0) is 9.53 Å². The molecule has 184 valence electrons. The van der Waals surface area contributed by atoms with E-state index in [-0.39, 0.29) is 48.5 Å². The van der Waals surface area contributed by atoms with E-state index in [2.05, 4.69) is 9.97 Å². The van der Waals surface area contributed by atoms with Crippen molar-refractivity contribution < 1.29 is 35.9 Å². The Bertz CT molecular complexity index is 1000. The van der Waals surface area contributed by atoms with Crippen molar-refractivity contribution in [2.45, 2.75) is 82.5 Å². The highest BCUT2D eigenvalue weighted by atomic mass is 19.4. The first-order valence-electron chi connectivity index (χ1n) is 10.7. The van der Waals surface area contributed by atoms with Crippen molar-refractivity contribution in [3.05, 3.63) is 29.3 Å². The lowest BCUT2D eigenvalue weighted by molar-refractivity contribution is -0.169. The van der Waals surface area contributed by atoms with Crippen molar-refractivity contribution in [1.29, 1.82) is 0 Å². The number of aromatic amines is 1. The second-order valence-electron chi connectivity index (χ2n) is 9.61. The predicted molar refractivity (Wildman–Crippen MR) is 109 cm³/mol. The number of alkyl halides is 5. The number of carbonyl (C=O) groups excluding carboxylic acids is 1. The first-order chi connectivity index (χ1) is 15.1. The van der Waals surface area contributed by atoms with Crippen LogP contribution in [0.25, 0.3) is 11.0 Å². The van der Waals surface area contributed by atoms with E-state index in [9.17, 15) is 26.7 Å². The number of fused-ring (bicyclic) bond motifs is 1. The van der Waals surface area contributed by atoms with Gasteiger partial charge in [-0.05, 0) is 45.6 Å². The molecule has 0 bridgehead atoms.